The Morgan fingerprint density at radius 1 is 0.677 bits per heavy atom. The summed E-state index contributed by atoms with van der Waals surface area (Å²) >= 11 is 0. The van der Waals surface area contributed by atoms with Gasteiger partial charge in [-0.1, -0.05) is 78.6 Å². The normalized spacial score (nSPS) is 10.9. The largest absolute Gasteiger partial charge is 0.504 e. The lowest BCUT2D eigenvalue weighted by Gasteiger charge is -2.21. The van der Waals surface area contributed by atoms with Gasteiger partial charge in [0.25, 0.3) is 0 Å². The van der Waals surface area contributed by atoms with Gasteiger partial charge in [-0.05, 0) is 25.7 Å². The molecule has 0 spiro atoms. The van der Waals surface area contributed by atoms with Crippen LogP contribution in [0.5, 0.6) is 23.0 Å². The molecular formula is C25H42O6. The number of ether oxygens (including phenoxy) is 2. The van der Waals surface area contributed by atoms with Crippen LogP contribution in [0.3, 0.4) is 0 Å². The van der Waals surface area contributed by atoms with Crippen molar-refractivity contribution in [3.05, 3.63) is 11.1 Å². The fraction of sp³-hybridized carbons (Fsp3) is 0.720. The molecule has 0 aromatic heterocycles. The van der Waals surface area contributed by atoms with Gasteiger partial charge >= 0.3 is 5.97 Å². The number of phenols is 2. The molecule has 0 aliphatic rings. The second-order valence-electron chi connectivity index (χ2n) is 8.14. The second-order valence-corrected chi connectivity index (χ2v) is 8.14. The van der Waals surface area contributed by atoms with Gasteiger partial charge in [0.15, 0.2) is 11.5 Å². The van der Waals surface area contributed by atoms with E-state index in [1.165, 1.54) is 12.8 Å². The zero-order valence-electron chi connectivity index (χ0n) is 19.7. The first-order chi connectivity index (χ1) is 15.0. The molecule has 178 valence electrons. The van der Waals surface area contributed by atoms with Crippen molar-refractivity contribution in [2.24, 2.45) is 0 Å². The minimum absolute atomic E-state index is 0.0673. The zero-order chi connectivity index (χ0) is 23.1. The standard InChI is InChI=1S/C25H42O6/c1-4-7-10-12-14-17-30-23-19(16-9-6-3)20(25(28)29)21(26)22(27)24(23)31-18-15-13-11-8-5-2/h26-27H,4-18H2,1-3H3,(H,28,29). The molecular weight excluding hydrogens is 396 g/mol. The predicted octanol–water partition coefficient (Wildman–Crippen LogP) is 6.84. The van der Waals surface area contributed by atoms with E-state index in [-0.39, 0.29) is 17.1 Å². The predicted molar refractivity (Wildman–Crippen MR) is 124 cm³/mol. The first kappa shape index (κ1) is 26.9. The monoisotopic (exact) mass is 438 g/mol. The molecule has 0 fully saturated rings. The van der Waals surface area contributed by atoms with Gasteiger partial charge in [-0.3, -0.25) is 0 Å². The summed E-state index contributed by atoms with van der Waals surface area (Å²) in [6.07, 6.45) is 12.7. The van der Waals surface area contributed by atoms with Crippen molar-refractivity contribution in [2.45, 2.75) is 104 Å². The van der Waals surface area contributed by atoms with Crippen LogP contribution in [-0.4, -0.2) is 34.5 Å². The molecule has 31 heavy (non-hydrogen) atoms. The minimum atomic E-state index is -1.28. The smallest absolute Gasteiger partial charge is 0.340 e. The van der Waals surface area contributed by atoms with Gasteiger partial charge in [0, 0.05) is 5.56 Å². The molecule has 6 nitrogen and oxygen atoms in total. The second kappa shape index (κ2) is 15.7. The van der Waals surface area contributed by atoms with E-state index < -0.39 is 17.5 Å². The van der Waals surface area contributed by atoms with Crippen LogP contribution in [0.15, 0.2) is 0 Å². The van der Waals surface area contributed by atoms with Crippen molar-refractivity contribution in [1.29, 1.82) is 0 Å². The maximum absolute atomic E-state index is 11.9. The molecule has 6 heteroatoms. The number of hydrogen-bond donors (Lipinski definition) is 3. The molecule has 1 aromatic rings. The van der Waals surface area contributed by atoms with Gasteiger partial charge in [-0.2, -0.15) is 0 Å². The maximum atomic E-state index is 11.9. The van der Waals surface area contributed by atoms with E-state index in [0.29, 0.717) is 25.2 Å². The van der Waals surface area contributed by atoms with Crippen LogP contribution in [0.25, 0.3) is 0 Å². The van der Waals surface area contributed by atoms with Crippen LogP contribution in [0.4, 0.5) is 0 Å². The Morgan fingerprint density at radius 2 is 1.16 bits per heavy atom. The molecule has 0 radical (unpaired) electrons. The maximum Gasteiger partial charge on any atom is 0.340 e. The summed E-state index contributed by atoms with van der Waals surface area (Å²) in [5.74, 6) is -2.14. The third-order valence-corrected chi connectivity index (χ3v) is 5.44. The molecule has 0 saturated carbocycles. The summed E-state index contributed by atoms with van der Waals surface area (Å²) in [4.78, 5) is 11.9. The van der Waals surface area contributed by atoms with Gasteiger partial charge < -0.3 is 24.8 Å². The third-order valence-electron chi connectivity index (χ3n) is 5.44. The number of aromatic carboxylic acids is 1. The highest BCUT2D eigenvalue weighted by Gasteiger charge is 2.29. The number of hydrogen-bond acceptors (Lipinski definition) is 5. The van der Waals surface area contributed by atoms with Crippen LogP contribution in [0.2, 0.25) is 0 Å². The van der Waals surface area contributed by atoms with Gasteiger partial charge in [0.05, 0.1) is 13.2 Å². The highest BCUT2D eigenvalue weighted by atomic mass is 16.5. The lowest BCUT2D eigenvalue weighted by Crippen LogP contribution is -2.11. The molecule has 0 bridgehead atoms. The number of benzene rings is 1. The van der Waals surface area contributed by atoms with Crippen LogP contribution in [0.1, 0.15) is 114 Å². The Morgan fingerprint density at radius 3 is 1.65 bits per heavy atom. The summed E-state index contributed by atoms with van der Waals surface area (Å²) in [6, 6.07) is 0. The summed E-state index contributed by atoms with van der Waals surface area (Å²) in [5, 5.41) is 30.7. The van der Waals surface area contributed by atoms with E-state index in [1.807, 2.05) is 6.92 Å². The van der Waals surface area contributed by atoms with E-state index in [1.54, 1.807) is 0 Å². The number of aromatic hydroxyl groups is 2. The number of carboxylic acids is 1. The van der Waals surface area contributed by atoms with Crippen molar-refractivity contribution in [1.82, 2.24) is 0 Å². The molecule has 3 N–H and O–H groups in total. The number of unbranched alkanes of at least 4 members (excludes halogenated alkanes) is 9. The molecule has 0 atom stereocenters. The molecule has 1 aromatic carbocycles. The van der Waals surface area contributed by atoms with E-state index in [2.05, 4.69) is 13.8 Å². The summed E-state index contributed by atoms with van der Waals surface area (Å²) in [6.45, 7) is 7.13. The fourth-order valence-corrected chi connectivity index (χ4v) is 3.60. The molecule has 0 unspecified atom stereocenters. The van der Waals surface area contributed by atoms with Crippen molar-refractivity contribution < 1.29 is 29.6 Å². The topological polar surface area (TPSA) is 96.2 Å². The van der Waals surface area contributed by atoms with Crippen molar-refractivity contribution in [3.63, 3.8) is 0 Å². The first-order valence-electron chi connectivity index (χ1n) is 12.1. The van der Waals surface area contributed by atoms with E-state index >= 15 is 0 Å². The van der Waals surface area contributed by atoms with E-state index in [4.69, 9.17) is 9.47 Å². The van der Waals surface area contributed by atoms with Crippen LogP contribution in [-0.2, 0) is 6.42 Å². The zero-order valence-corrected chi connectivity index (χ0v) is 19.7. The average molecular weight is 439 g/mol. The van der Waals surface area contributed by atoms with Crippen molar-refractivity contribution >= 4 is 5.97 Å². The van der Waals surface area contributed by atoms with Gasteiger partial charge in [-0.25, -0.2) is 4.79 Å². The lowest BCUT2D eigenvalue weighted by molar-refractivity contribution is 0.0690. The molecule has 1 rings (SSSR count). The molecule has 0 aliphatic heterocycles. The molecule has 0 heterocycles. The lowest BCUT2D eigenvalue weighted by atomic mass is 9.98. The summed E-state index contributed by atoms with van der Waals surface area (Å²) in [7, 11) is 0. The Kier molecular flexibility index (Phi) is 13.6. The van der Waals surface area contributed by atoms with E-state index in [0.717, 1.165) is 64.2 Å². The minimum Gasteiger partial charge on any atom is -0.504 e. The summed E-state index contributed by atoms with van der Waals surface area (Å²) < 4.78 is 11.9. The number of phenolic OH excluding ortho intramolecular Hbond substituents is 1. The SMILES string of the molecule is CCCCCCCOc1c(O)c(O)c(C(=O)O)c(CCCC)c1OCCCCCCC. The van der Waals surface area contributed by atoms with Crippen LogP contribution >= 0.6 is 0 Å². The third kappa shape index (κ3) is 8.88. The number of rotatable bonds is 18. The first-order valence-corrected chi connectivity index (χ1v) is 12.1. The van der Waals surface area contributed by atoms with Gasteiger partial charge in [-0.15, -0.1) is 0 Å². The Hall–Kier alpha value is -2.11. The average Bonchev–Trinajstić information content (AvgIpc) is 2.75. The number of carbonyl (C=O) groups is 1. The number of carboxylic acid groups (broad SMARTS) is 1. The molecule has 0 amide bonds. The van der Waals surface area contributed by atoms with Crippen LogP contribution in [0, 0.1) is 0 Å². The summed E-state index contributed by atoms with van der Waals surface area (Å²) in [5.41, 5.74) is 0.112. The Balaban J connectivity index is 3.11. The quantitative estimate of drug-likeness (QED) is 0.172. The molecule has 0 aliphatic carbocycles. The van der Waals surface area contributed by atoms with Crippen LogP contribution < -0.4 is 9.47 Å². The highest BCUT2D eigenvalue weighted by molar-refractivity contribution is 5.96. The van der Waals surface area contributed by atoms with E-state index in [9.17, 15) is 20.1 Å². The molecule has 0 saturated heterocycles. The highest BCUT2D eigenvalue weighted by Crippen LogP contribution is 2.49. The van der Waals surface area contributed by atoms with Crippen molar-refractivity contribution in [2.75, 3.05) is 13.2 Å². The fourth-order valence-electron chi connectivity index (χ4n) is 3.60. The Bertz CT molecular complexity index is 656. The van der Waals surface area contributed by atoms with Gasteiger partial charge in [0.2, 0.25) is 11.5 Å². The van der Waals surface area contributed by atoms with Crippen molar-refractivity contribution in [3.8, 4) is 23.0 Å². The Labute approximate surface area is 187 Å². The van der Waals surface area contributed by atoms with Gasteiger partial charge in [0.1, 0.15) is 5.56 Å².